The number of aliphatic carboxylic acids is 1. The summed E-state index contributed by atoms with van der Waals surface area (Å²) in [4.78, 5) is 22.6. The Hall–Kier alpha value is -1.57. The molecule has 20 heavy (non-hydrogen) atoms. The number of benzene rings is 1. The molecule has 2 N–H and O–H groups in total. The largest absolute Gasteiger partial charge is 0.479 e. The predicted octanol–water partition coefficient (Wildman–Crippen LogP) is 2.89. The number of carbonyl (C=O) groups excluding carboxylic acids is 1. The van der Waals surface area contributed by atoms with Crippen LogP contribution in [0.5, 0.6) is 0 Å². The van der Waals surface area contributed by atoms with Crippen LogP contribution in [0.25, 0.3) is 0 Å². The van der Waals surface area contributed by atoms with Crippen LogP contribution in [-0.4, -0.2) is 28.7 Å². The van der Waals surface area contributed by atoms with E-state index in [0.29, 0.717) is 11.4 Å². The summed E-state index contributed by atoms with van der Waals surface area (Å²) in [5.74, 6) is -3.29. The van der Waals surface area contributed by atoms with Crippen molar-refractivity contribution in [2.75, 3.05) is 0 Å². The topological polar surface area (TPSA) is 66.4 Å². The van der Waals surface area contributed by atoms with Crippen LogP contribution >= 0.6 is 15.9 Å². The first-order valence-electron chi connectivity index (χ1n) is 5.38. The quantitative estimate of drug-likeness (QED) is 0.877. The molecule has 0 saturated carbocycles. The molecule has 110 valence electrons. The average molecular weight is 354 g/mol. The highest BCUT2D eigenvalue weighted by Crippen LogP contribution is 2.31. The summed E-state index contributed by atoms with van der Waals surface area (Å²) in [6.07, 6.45) is -5.11. The van der Waals surface area contributed by atoms with Gasteiger partial charge >= 0.3 is 12.1 Å². The Kier molecular flexibility index (Phi) is 4.48. The molecule has 0 fully saturated rings. The van der Waals surface area contributed by atoms with E-state index < -0.39 is 23.6 Å². The molecule has 8 heteroatoms. The Morgan fingerprint density at radius 2 is 1.85 bits per heavy atom. The molecule has 1 aromatic rings. The van der Waals surface area contributed by atoms with Crippen molar-refractivity contribution in [3.63, 3.8) is 0 Å². The smallest absolute Gasteiger partial charge is 0.422 e. The fourth-order valence-electron chi connectivity index (χ4n) is 1.28. The lowest BCUT2D eigenvalue weighted by molar-refractivity contribution is -0.203. The van der Waals surface area contributed by atoms with E-state index in [0.717, 1.165) is 5.56 Å². The maximum Gasteiger partial charge on any atom is 0.422 e. The molecule has 0 bridgehead atoms. The fourth-order valence-corrected chi connectivity index (χ4v) is 1.66. The van der Waals surface area contributed by atoms with Crippen molar-refractivity contribution in [1.29, 1.82) is 0 Å². The third kappa shape index (κ3) is 3.12. The molecular formula is C12H11BrF3NO3. The van der Waals surface area contributed by atoms with Crippen LogP contribution < -0.4 is 5.32 Å². The number of halogens is 4. The first-order chi connectivity index (χ1) is 8.99. The summed E-state index contributed by atoms with van der Waals surface area (Å²) < 4.78 is 38.8. The maximum absolute atomic E-state index is 12.8. The second-order valence-electron chi connectivity index (χ2n) is 4.35. The molecule has 1 aromatic carbocycles. The molecule has 0 spiro atoms. The molecule has 0 saturated heterocycles. The Balaban J connectivity index is 3.09. The van der Waals surface area contributed by atoms with Gasteiger partial charge in [0.2, 0.25) is 5.54 Å². The van der Waals surface area contributed by atoms with Crippen LogP contribution in [0.1, 0.15) is 22.8 Å². The van der Waals surface area contributed by atoms with Gasteiger partial charge in [-0.25, -0.2) is 4.79 Å². The van der Waals surface area contributed by atoms with E-state index in [1.165, 1.54) is 23.5 Å². The summed E-state index contributed by atoms with van der Waals surface area (Å²) in [7, 11) is 0. The molecule has 1 unspecified atom stereocenters. The molecule has 1 rings (SSSR count). The number of nitrogens with one attached hydrogen (secondary N) is 1. The standard InChI is InChI=1S/C12H11BrF3NO3/c1-6-3-4-7(5-8(6)13)9(18)17-11(2,10(19)20)12(14,15)16/h3-5H,1-2H3,(H,17,18)(H,19,20). The number of carbonyl (C=O) groups is 2. The highest BCUT2D eigenvalue weighted by Gasteiger charge is 2.58. The van der Waals surface area contributed by atoms with Gasteiger partial charge in [0.25, 0.3) is 5.91 Å². The van der Waals surface area contributed by atoms with E-state index in [4.69, 9.17) is 5.11 Å². The van der Waals surface area contributed by atoms with Gasteiger partial charge in [0.1, 0.15) is 0 Å². The van der Waals surface area contributed by atoms with Gasteiger partial charge in [-0.2, -0.15) is 13.2 Å². The number of hydrogen-bond donors (Lipinski definition) is 2. The number of carboxylic acid groups (broad SMARTS) is 1. The van der Waals surface area contributed by atoms with Gasteiger partial charge in [0, 0.05) is 10.0 Å². The molecule has 1 amide bonds. The summed E-state index contributed by atoms with van der Waals surface area (Å²) in [5, 5.41) is 10.2. The number of carboxylic acids is 1. The third-order valence-corrected chi connectivity index (χ3v) is 3.65. The Morgan fingerprint density at radius 3 is 2.25 bits per heavy atom. The minimum Gasteiger partial charge on any atom is -0.479 e. The summed E-state index contributed by atoms with van der Waals surface area (Å²) >= 11 is 3.14. The van der Waals surface area contributed by atoms with Crippen LogP contribution in [0.2, 0.25) is 0 Å². The highest BCUT2D eigenvalue weighted by molar-refractivity contribution is 9.10. The number of amides is 1. The summed E-state index contributed by atoms with van der Waals surface area (Å²) in [6, 6.07) is 4.17. The average Bonchev–Trinajstić information content (AvgIpc) is 2.30. The van der Waals surface area contributed by atoms with Gasteiger partial charge in [-0.3, -0.25) is 4.79 Å². The zero-order valence-corrected chi connectivity index (χ0v) is 12.1. The monoisotopic (exact) mass is 353 g/mol. The lowest BCUT2D eigenvalue weighted by Crippen LogP contribution is -2.61. The Morgan fingerprint density at radius 1 is 1.30 bits per heavy atom. The molecule has 0 aliphatic rings. The van der Waals surface area contributed by atoms with Crippen LogP contribution in [0.3, 0.4) is 0 Å². The second kappa shape index (κ2) is 5.43. The number of alkyl halides is 3. The molecular weight excluding hydrogens is 343 g/mol. The molecule has 0 radical (unpaired) electrons. The molecule has 4 nitrogen and oxygen atoms in total. The second-order valence-corrected chi connectivity index (χ2v) is 5.20. The van der Waals surface area contributed by atoms with Gasteiger partial charge in [-0.15, -0.1) is 0 Å². The van der Waals surface area contributed by atoms with Gasteiger partial charge < -0.3 is 10.4 Å². The van der Waals surface area contributed by atoms with Crippen molar-refractivity contribution >= 4 is 27.8 Å². The first-order valence-corrected chi connectivity index (χ1v) is 6.17. The van der Waals surface area contributed by atoms with E-state index in [1.54, 1.807) is 6.92 Å². The SMILES string of the molecule is Cc1ccc(C(=O)NC(C)(C(=O)O)C(F)(F)F)cc1Br. The summed E-state index contributed by atoms with van der Waals surface area (Å²) in [5.41, 5.74) is -2.63. The van der Waals surface area contributed by atoms with Crippen molar-refractivity contribution in [3.05, 3.63) is 33.8 Å². The van der Waals surface area contributed by atoms with E-state index in [9.17, 15) is 22.8 Å². The van der Waals surface area contributed by atoms with Gasteiger partial charge in [0.05, 0.1) is 0 Å². The zero-order chi connectivity index (χ0) is 15.7. The van der Waals surface area contributed by atoms with Crippen LogP contribution in [-0.2, 0) is 4.79 Å². The Bertz CT molecular complexity index is 559. The van der Waals surface area contributed by atoms with E-state index >= 15 is 0 Å². The Labute approximate surface area is 121 Å². The van der Waals surface area contributed by atoms with Crippen LogP contribution in [0.4, 0.5) is 13.2 Å². The minimum absolute atomic E-state index is 0.0702. The fraction of sp³-hybridized carbons (Fsp3) is 0.333. The molecule has 0 aliphatic carbocycles. The first kappa shape index (κ1) is 16.5. The normalized spacial score (nSPS) is 14.5. The van der Waals surface area contributed by atoms with Crippen LogP contribution in [0, 0.1) is 6.92 Å². The van der Waals surface area contributed by atoms with Gasteiger partial charge in [0.15, 0.2) is 0 Å². The minimum atomic E-state index is -5.11. The third-order valence-electron chi connectivity index (χ3n) is 2.79. The van der Waals surface area contributed by atoms with Crippen molar-refractivity contribution in [1.82, 2.24) is 5.32 Å². The molecule has 0 heterocycles. The van der Waals surface area contributed by atoms with Gasteiger partial charge in [-0.1, -0.05) is 22.0 Å². The van der Waals surface area contributed by atoms with Crippen molar-refractivity contribution < 1.29 is 27.9 Å². The van der Waals surface area contributed by atoms with E-state index in [2.05, 4.69) is 15.9 Å². The van der Waals surface area contributed by atoms with Crippen molar-refractivity contribution in [2.45, 2.75) is 25.6 Å². The number of hydrogen-bond acceptors (Lipinski definition) is 2. The van der Waals surface area contributed by atoms with E-state index in [1.807, 2.05) is 0 Å². The zero-order valence-electron chi connectivity index (χ0n) is 10.5. The van der Waals surface area contributed by atoms with Crippen molar-refractivity contribution in [3.8, 4) is 0 Å². The highest BCUT2D eigenvalue weighted by atomic mass is 79.9. The molecule has 0 aromatic heterocycles. The lowest BCUT2D eigenvalue weighted by Gasteiger charge is -2.28. The number of aryl methyl sites for hydroxylation is 1. The molecule has 1 atom stereocenters. The van der Waals surface area contributed by atoms with Crippen molar-refractivity contribution in [2.24, 2.45) is 0 Å². The summed E-state index contributed by atoms with van der Waals surface area (Å²) in [6.45, 7) is 2.14. The van der Waals surface area contributed by atoms with Gasteiger partial charge in [-0.05, 0) is 31.5 Å². The van der Waals surface area contributed by atoms with Crippen LogP contribution in [0.15, 0.2) is 22.7 Å². The number of rotatable bonds is 3. The molecule has 0 aliphatic heterocycles. The van der Waals surface area contributed by atoms with E-state index in [-0.39, 0.29) is 5.56 Å². The predicted molar refractivity (Wildman–Crippen MR) is 68.4 cm³/mol. The lowest BCUT2D eigenvalue weighted by atomic mass is 10.0. The maximum atomic E-state index is 12.8.